The number of nitrogens with zero attached hydrogens (tertiary/aromatic N) is 4. The molecule has 1 saturated carbocycles. The number of hydrogen-bond acceptors (Lipinski definition) is 6. The third kappa shape index (κ3) is 3.96. The minimum atomic E-state index is -0.956. The van der Waals surface area contributed by atoms with Gasteiger partial charge in [0.15, 0.2) is 5.17 Å². The van der Waals surface area contributed by atoms with Crippen LogP contribution in [-0.2, 0) is 10.3 Å². The Morgan fingerprint density at radius 1 is 1.35 bits per heavy atom. The van der Waals surface area contributed by atoms with Crippen LogP contribution in [0.5, 0.6) is 0 Å². The Bertz CT molecular complexity index is 1250. The van der Waals surface area contributed by atoms with Crippen molar-refractivity contribution >= 4 is 34.7 Å². The highest BCUT2D eigenvalue weighted by atomic mass is 32.2. The highest BCUT2D eigenvalue weighted by Gasteiger charge is 2.59. The summed E-state index contributed by atoms with van der Waals surface area (Å²) < 4.78 is 29.9. The van der Waals surface area contributed by atoms with Crippen LogP contribution in [0.25, 0.3) is 11.9 Å². The summed E-state index contributed by atoms with van der Waals surface area (Å²) in [4.78, 5) is 23.4. The quantitative estimate of drug-likeness (QED) is 0.713. The van der Waals surface area contributed by atoms with E-state index < -0.39 is 17.2 Å². The molecule has 3 heterocycles. The van der Waals surface area contributed by atoms with Gasteiger partial charge in [-0.15, -0.1) is 0 Å². The summed E-state index contributed by atoms with van der Waals surface area (Å²) in [5.74, 6) is -0.936. The second kappa shape index (κ2) is 8.51. The molecule has 1 aromatic heterocycles. The Hall–Kier alpha value is -3.25. The van der Waals surface area contributed by atoms with Crippen molar-refractivity contribution in [3.05, 3.63) is 64.7 Å². The Morgan fingerprint density at radius 2 is 2.15 bits per heavy atom. The summed E-state index contributed by atoms with van der Waals surface area (Å²) in [7, 11) is 0. The number of amidine groups is 1. The standard InChI is InChI=1S/C25H23F2N5OS/c1-25(17-11-16(17)22(34-24(29)31-25)23(33)32-7-2-8-32)18-9-14(3-5-19(18)26)10-20(27)21-6-4-15(12-28)13-30-21/h3-6,9-10,13,16-17,22H,2,7-8,11H2,1H3,(H2,29,31)/b20-10-/t16?,17-,22?,25+/m1/s1. The number of thioether (sulfide) groups is 1. The number of carbonyl (C=O) groups excluding carboxylic acids is 1. The van der Waals surface area contributed by atoms with Crippen molar-refractivity contribution < 1.29 is 13.6 Å². The zero-order valence-corrected chi connectivity index (χ0v) is 19.4. The third-order valence-corrected chi connectivity index (χ3v) is 8.06. The molecule has 5 rings (SSSR count). The van der Waals surface area contributed by atoms with Crippen LogP contribution in [0.2, 0.25) is 0 Å². The summed E-state index contributed by atoms with van der Waals surface area (Å²) in [5.41, 5.74) is 6.45. The fourth-order valence-corrected chi connectivity index (χ4v) is 6.03. The molecule has 6 nitrogen and oxygen atoms in total. The van der Waals surface area contributed by atoms with Crippen molar-refractivity contribution in [2.75, 3.05) is 13.1 Å². The molecular formula is C25H23F2N5OS. The smallest absolute Gasteiger partial charge is 0.236 e. The maximum Gasteiger partial charge on any atom is 0.236 e. The van der Waals surface area contributed by atoms with E-state index in [1.807, 2.05) is 17.9 Å². The van der Waals surface area contributed by atoms with Gasteiger partial charge in [-0.2, -0.15) is 5.26 Å². The van der Waals surface area contributed by atoms with E-state index in [0.717, 1.165) is 25.9 Å². The molecule has 2 fully saturated rings. The average molecular weight is 480 g/mol. The molecule has 1 amide bonds. The second-order valence-electron chi connectivity index (χ2n) is 9.10. The zero-order chi connectivity index (χ0) is 24.0. The number of hydrogen-bond donors (Lipinski definition) is 1. The van der Waals surface area contributed by atoms with E-state index in [0.29, 0.717) is 16.7 Å². The Kier molecular flexibility index (Phi) is 5.64. The highest BCUT2D eigenvalue weighted by molar-refractivity contribution is 8.14. The van der Waals surface area contributed by atoms with E-state index in [4.69, 9.17) is 11.0 Å². The molecule has 2 unspecified atom stereocenters. The number of amides is 1. The molecule has 1 aromatic carbocycles. The lowest BCUT2D eigenvalue weighted by atomic mass is 9.84. The van der Waals surface area contributed by atoms with Gasteiger partial charge in [0.25, 0.3) is 0 Å². The lowest BCUT2D eigenvalue weighted by Crippen LogP contribution is -2.47. The number of rotatable bonds is 4. The van der Waals surface area contributed by atoms with Crippen molar-refractivity contribution in [1.29, 1.82) is 5.26 Å². The van der Waals surface area contributed by atoms with E-state index >= 15 is 4.39 Å². The molecule has 1 aliphatic carbocycles. The van der Waals surface area contributed by atoms with Crippen LogP contribution >= 0.6 is 11.8 Å². The SMILES string of the molecule is C[C@]1(c2cc(/C=C(\F)c3ccc(C#N)cn3)ccc2F)N=C(N)SC(C(=O)N2CCC2)C2C[C@H]21. The van der Waals surface area contributed by atoms with Crippen LogP contribution in [0.1, 0.15) is 42.1 Å². The van der Waals surface area contributed by atoms with Crippen molar-refractivity contribution in [3.63, 3.8) is 0 Å². The first kappa shape index (κ1) is 22.5. The first-order valence-electron chi connectivity index (χ1n) is 11.1. The minimum absolute atomic E-state index is 0.0324. The third-order valence-electron chi connectivity index (χ3n) is 6.92. The molecule has 0 radical (unpaired) electrons. The first-order chi connectivity index (χ1) is 16.3. The number of pyridine rings is 1. The number of benzene rings is 1. The number of carbonyl (C=O) groups is 1. The Balaban J connectivity index is 1.45. The lowest BCUT2D eigenvalue weighted by molar-refractivity contribution is -0.134. The van der Waals surface area contributed by atoms with Gasteiger partial charge in [0.05, 0.1) is 22.0 Å². The Labute approximate surface area is 200 Å². The van der Waals surface area contributed by atoms with E-state index in [1.54, 1.807) is 6.07 Å². The second-order valence-corrected chi connectivity index (χ2v) is 10.3. The normalized spacial score (nSPS) is 28.2. The molecule has 2 aromatic rings. The fourth-order valence-electron chi connectivity index (χ4n) is 4.80. The van der Waals surface area contributed by atoms with Crippen molar-refractivity contribution in [3.8, 4) is 6.07 Å². The number of nitrogens with two attached hydrogens (primary N) is 1. The van der Waals surface area contributed by atoms with Gasteiger partial charge < -0.3 is 10.6 Å². The molecule has 0 bridgehead atoms. The van der Waals surface area contributed by atoms with Gasteiger partial charge in [-0.25, -0.2) is 8.78 Å². The maximum atomic E-state index is 15.1. The summed E-state index contributed by atoms with van der Waals surface area (Å²) in [6.07, 6.45) is 4.34. The number of nitriles is 1. The molecule has 9 heteroatoms. The van der Waals surface area contributed by atoms with Crippen molar-refractivity contribution in [2.45, 2.75) is 30.6 Å². The topological polar surface area (TPSA) is 95.4 Å². The van der Waals surface area contributed by atoms with Gasteiger partial charge in [-0.1, -0.05) is 17.8 Å². The summed E-state index contributed by atoms with van der Waals surface area (Å²) in [6.45, 7) is 3.38. The lowest BCUT2D eigenvalue weighted by Gasteiger charge is -2.33. The predicted molar refractivity (Wildman–Crippen MR) is 127 cm³/mol. The zero-order valence-electron chi connectivity index (χ0n) is 18.5. The largest absolute Gasteiger partial charge is 0.378 e. The predicted octanol–water partition coefficient (Wildman–Crippen LogP) is 4.07. The van der Waals surface area contributed by atoms with Crippen LogP contribution in [-0.4, -0.2) is 39.3 Å². The number of aromatic nitrogens is 1. The van der Waals surface area contributed by atoms with Gasteiger partial charge in [-0.3, -0.25) is 14.8 Å². The molecule has 0 spiro atoms. The monoisotopic (exact) mass is 479 g/mol. The van der Waals surface area contributed by atoms with Gasteiger partial charge in [0.1, 0.15) is 17.7 Å². The maximum absolute atomic E-state index is 15.1. The fraction of sp³-hybridized carbons (Fsp3) is 0.360. The molecule has 1 saturated heterocycles. The highest BCUT2D eigenvalue weighted by Crippen LogP contribution is 2.59. The van der Waals surface area contributed by atoms with Crippen molar-refractivity contribution in [2.24, 2.45) is 22.6 Å². The van der Waals surface area contributed by atoms with Gasteiger partial charge in [0.2, 0.25) is 5.91 Å². The molecule has 4 atom stereocenters. The number of aliphatic imine (C=N–C) groups is 1. The summed E-state index contributed by atoms with van der Waals surface area (Å²) >= 11 is 1.27. The number of halogens is 2. The Morgan fingerprint density at radius 3 is 2.79 bits per heavy atom. The van der Waals surface area contributed by atoms with Crippen LogP contribution in [0.3, 0.4) is 0 Å². The van der Waals surface area contributed by atoms with Crippen LogP contribution < -0.4 is 5.73 Å². The van der Waals surface area contributed by atoms with Gasteiger partial charge >= 0.3 is 0 Å². The molecule has 3 aliphatic rings. The molecule has 2 N–H and O–H groups in total. The van der Waals surface area contributed by atoms with E-state index in [1.165, 1.54) is 48.3 Å². The van der Waals surface area contributed by atoms with Gasteiger partial charge in [0, 0.05) is 24.8 Å². The van der Waals surface area contributed by atoms with E-state index in [2.05, 4.69) is 9.98 Å². The van der Waals surface area contributed by atoms with E-state index in [-0.39, 0.29) is 33.9 Å². The minimum Gasteiger partial charge on any atom is -0.378 e. The van der Waals surface area contributed by atoms with Crippen LogP contribution in [0.4, 0.5) is 8.78 Å². The average Bonchev–Trinajstić information content (AvgIpc) is 3.59. The molecule has 2 aliphatic heterocycles. The molecule has 34 heavy (non-hydrogen) atoms. The van der Waals surface area contributed by atoms with E-state index in [9.17, 15) is 9.18 Å². The summed E-state index contributed by atoms with van der Waals surface area (Å²) in [6, 6.07) is 9.23. The summed E-state index contributed by atoms with van der Waals surface area (Å²) in [5, 5.41) is 8.85. The van der Waals surface area contributed by atoms with Crippen LogP contribution in [0.15, 0.2) is 41.5 Å². The molecular weight excluding hydrogens is 456 g/mol. The number of likely N-dealkylation sites (tertiary alicyclic amines) is 1. The number of fused-ring (bicyclic) bond motifs is 1. The van der Waals surface area contributed by atoms with Gasteiger partial charge in [-0.05, 0) is 67.5 Å². The first-order valence-corrected chi connectivity index (χ1v) is 12.0. The molecule has 174 valence electrons. The van der Waals surface area contributed by atoms with Crippen LogP contribution in [0, 0.1) is 29.0 Å². The van der Waals surface area contributed by atoms with Crippen molar-refractivity contribution in [1.82, 2.24) is 9.88 Å².